The lowest BCUT2D eigenvalue weighted by atomic mass is 10.2. The van der Waals surface area contributed by atoms with Crippen molar-refractivity contribution in [3.63, 3.8) is 0 Å². The normalized spacial score (nSPS) is 13.5. The Balaban J connectivity index is 2.96. The van der Waals surface area contributed by atoms with Gasteiger partial charge in [0.05, 0.1) is 11.6 Å². The molecule has 0 fully saturated rings. The van der Waals surface area contributed by atoms with Crippen molar-refractivity contribution >= 4 is 21.6 Å². The Morgan fingerprint density at radius 2 is 2.16 bits per heavy atom. The smallest absolute Gasteiger partial charge is 0.242 e. The largest absolute Gasteiger partial charge is 0.396 e. The highest BCUT2D eigenvalue weighted by Gasteiger charge is 2.22. The maximum absolute atomic E-state index is 12.2. The standard InChI is InChI=1S/C12H18ClNO4S/c1-9-3-4-12(11(13)7-9)19(16,17)14-10(5-6-15)8-18-2/h3-4,7,10,14-15H,5-6,8H2,1-2H3. The Morgan fingerprint density at radius 1 is 1.47 bits per heavy atom. The van der Waals surface area contributed by atoms with Gasteiger partial charge in [-0.15, -0.1) is 0 Å². The van der Waals surface area contributed by atoms with Crippen molar-refractivity contribution in [3.05, 3.63) is 28.8 Å². The molecule has 0 aromatic heterocycles. The van der Waals surface area contributed by atoms with Crippen LogP contribution in [0.1, 0.15) is 12.0 Å². The lowest BCUT2D eigenvalue weighted by Crippen LogP contribution is -2.38. The van der Waals surface area contributed by atoms with Gasteiger partial charge in [0.15, 0.2) is 0 Å². The van der Waals surface area contributed by atoms with Gasteiger partial charge in [-0.3, -0.25) is 0 Å². The zero-order valence-corrected chi connectivity index (χ0v) is 12.5. The highest BCUT2D eigenvalue weighted by Crippen LogP contribution is 2.22. The maximum atomic E-state index is 12.2. The molecule has 0 aliphatic carbocycles. The number of halogens is 1. The van der Waals surface area contributed by atoms with Crippen LogP contribution in [0.5, 0.6) is 0 Å². The van der Waals surface area contributed by atoms with E-state index in [9.17, 15) is 8.42 Å². The van der Waals surface area contributed by atoms with Gasteiger partial charge >= 0.3 is 0 Å². The van der Waals surface area contributed by atoms with Crippen molar-refractivity contribution in [3.8, 4) is 0 Å². The SMILES string of the molecule is COCC(CCO)NS(=O)(=O)c1ccc(C)cc1Cl. The Labute approximate surface area is 118 Å². The second-order valence-corrected chi connectivity index (χ2v) is 6.31. The van der Waals surface area contributed by atoms with E-state index < -0.39 is 16.1 Å². The van der Waals surface area contributed by atoms with Gasteiger partial charge in [0, 0.05) is 19.8 Å². The fourth-order valence-corrected chi connectivity index (χ4v) is 3.49. The molecule has 0 bridgehead atoms. The van der Waals surface area contributed by atoms with Crippen molar-refractivity contribution < 1.29 is 18.3 Å². The third-order valence-corrected chi connectivity index (χ3v) is 4.55. The van der Waals surface area contributed by atoms with Gasteiger partial charge in [-0.25, -0.2) is 13.1 Å². The molecule has 108 valence electrons. The number of ether oxygens (including phenoxy) is 1. The van der Waals surface area contributed by atoms with Crippen LogP contribution in [0.2, 0.25) is 5.02 Å². The molecule has 0 spiro atoms. The van der Waals surface area contributed by atoms with Gasteiger partial charge in [0.25, 0.3) is 0 Å². The molecule has 5 nitrogen and oxygen atoms in total. The number of sulfonamides is 1. The molecule has 19 heavy (non-hydrogen) atoms. The number of benzene rings is 1. The second-order valence-electron chi connectivity index (χ2n) is 4.22. The monoisotopic (exact) mass is 307 g/mol. The Kier molecular flexibility index (Phi) is 6.22. The van der Waals surface area contributed by atoms with Gasteiger partial charge in [0.1, 0.15) is 4.90 Å². The lowest BCUT2D eigenvalue weighted by Gasteiger charge is -2.17. The molecule has 0 radical (unpaired) electrons. The predicted octanol–water partition coefficient (Wildman–Crippen LogP) is 1.32. The first kappa shape index (κ1) is 16.4. The van der Waals surface area contributed by atoms with Crippen molar-refractivity contribution in [2.45, 2.75) is 24.3 Å². The summed E-state index contributed by atoms with van der Waals surface area (Å²) < 4.78 is 31.8. The van der Waals surface area contributed by atoms with E-state index in [4.69, 9.17) is 21.4 Å². The van der Waals surface area contributed by atoms with Crippen LogP contribution in [0.25, 0.3) is 0 Å². The predicted molar refractivity (Wildman–Crippen MR) is 73.9 cm³/mol. The fourth-order valence-electron chi connectivity index (χ4n) is 1.64. The second kappa shape index (κ2) is 7.21. The summed E-state index contributed by atoms with van der Waals surface area (Å²) in [5.74, 6) is 0. The van der Waals surface area contributed by atoms with Crippen LogP contribution in [-0.2, 0) is 14.8 Å². The van der Waals surface area contributed by atoms with E-state index in [0.29, 0.717) is 0 Å². The van der Waals surface area contributed by atoms with Crippen LogP contribution in [0.4, 0.5) is 0 Å². The Morgan fingerprint density at radius 3 is 2.68 bits per heavy atom. The summed E-state index contributed by atoms with van der Waals surface area (Å²) >= 11 is 5.95. The minimum Gasteiger partial charge on any atom is -0.396 e. The number of nitrogens with one attached hydrogen (secondary N) is 1. The number of aliphatic hydroxyl groups is 1. The first-order chi connectivity index (χ1) is 8.90. The molecule has 0 heterocycles. The molecule has 0 saturated carbocycles. The third kappa shape index (κ3) is 4.74. The summed E-state index contributed by atoms with van der Waals surface area (Å²) in [5, 5.41) is 9.08. The number of rotatable bonds is 7. The molecule has 0 aliphatic heterocycles. The van der Waals surface area contributed by atoms with Crippen molar-refractivity contribution in [1.82, 2.24) is 4.72 Å². The van der Waals surface area contributed by atoms with E-state index in [-0.39, 0.29) is 29.6 Å². The Bertz CT molecular complexity index is 512. The molecule has 1 unspecified atom stereocenters. The average molecular weight is 308 g/mol. The first-order valence-corrected chi connectivity index (χ1v) is 7.65. The molecule has 1 aromatic rings. The van der Waals surface area contributed by atoms with E-state index in [1.807, 2.05) is 6.92 Å². The van der Waals surface area contributed by atoms with Crippen LogP contribution < -0.4 is 4.72 Å². The summed E-state index contributed by atoms with van der Waals surface area (Å²) in [6.45, 7) is 1.89. The van der Waals surface area contributed by atoms with Crippen molar-refractivity contribution in [2.75, 3.05) is 20.3 Å². The molecule has 2 N–H and O–H groups in total. The van der Waals surface area contributed by atoms with Crippen LogP contribution in [0.3, 0.4) is 0 Å². The molecule has 0 saturated heterocycles. The Hall–Kier alpha value is -0.660. The van der Waals surface area contributed by atoms with Gasteiger partial charge in [-0.2, -0.15) is 0 Å². The molecule has 7 heteroatoms. The number of methoxy groups -OCH3 is 1. The van der Waals surface area contributed by atoms with Crippen molar-refractivity contribution in [1.29, 1.82) is 0 Å². The summed E-state index contributed by atoms with van der Waals surface area (Å²) in [6, 6.07) is 4.24. The first-order valence-electron chi connectivity index (χ1n) is 5.79. The molecule has 0 amide bonds. The third-order valence-electron chi connectivity index (χ3n) is 2.54. The zero-order valence-electron chi connectivity index (χ0n) is 10.9. The topological polar surface area (TPSA) is 75.6 Å². The highest BCUT2D eigenvalue weighted by molar-refractivity contribution is 7.89. The van der Waals surface area contributed by atoms with Gasteiger partial charge in [0.2, 0.25) is 10.0 Å². The summed E-state index contributed by atoms with van der Waals surface area (Å²) in [7, 11) is -2.25. The fraction of sp³-hybridized carbons (Fsp3) is 0.500. The van der Waals surface area contributed by atoms with Crippen LogP contribution in [0.15, 0.2) is 23.1 Å². The van der Waals surface area contributed by atoms with E-state index in [1.165, 1.54) is 13.2 Å². The number of aliphatic hydroxyl groups excluding tert-OH is 1. The van der Waals surface area contributed by atoms with Gasteiger partial charge in [-0.1, -0.05) is 17.7 Å². The van der Waals surface area contributed by atoms with Crippen molar-refractivity contribution in [2.24, 2.45) is 0 Å². The molecule has 1 rings (SSSR count). The lowest BCUT2D eigenvalue weighted by molar-refractivity contribution is 0.158. The van der Waals surface area contributed by atoms with Crippen LogP contribution in [-0.4, -0.2) is 39.9 Å². The van der Waals surface area contributed by atoms with Crippen LogP contribution in [0, 0.1) is 6.92 Å². The van der Waals surface area contributed by atoms with Crippen LogP contribution >= 0.6 is 11.6 Å². The molecule has 0 aliphatic rings. The minimum absolute atomic E-state index is 0.0267. The molecular formula is C12H18ClNO4S. The zero-order chi connectivity index (χ0) is 14.5. The van der Waals surface area contributed by atoms with Gasteiger partial charge < -0.3 is 9.84 Å². The number of aryl methyl sites for hydroxylation is 1. The average Bonchev–Trinajstić information content (AvgIpc) is 2.28. The number of hydrogen-bond donors (Lipinski definition) is 2. The summed E-state index contributed by atoms with van der Waals surface area (Å²) in [4.78, 5) is 0.0267. The quantitative estimate of drug-likeness (QED) is 0.797. The summed E-state index contributed by atoms with van der Waals surface area (Å²) in [6.07, 6.45) is 0.274. The van der Waals surface area contributed by atoms with E-state index in [1.54, 1.807) is 12.1 Å². The van der Waals surface area contributed by atoms with E-state index in [0.717, 1.165) is 5.56 Å². The van der Waals surface area contributed by atoms with E-state index >= 15 is 0 Å². The summed E-state index contributed by atoms with van der Waals surface area (Å²) in [5.41, 5.74) is 0.882. The number of hydrogen-bond acceptors (Lipinski definition) is 4. The molecular weight excluding hydrogens is 290 g/mol. The molecule has 1 aromatic carbocycles. The van der Waals surface area contributed by atoms with E-state index in [2.05, 4.69) is 4.72 Å². The molecule has 1 atom stereocenters. The van der Waals surface area contributed by atoms with Gasteiger partial charge in [-0.05, 0) is 31.0 Å². The minimum atomic E-state index is -3.72. The highest BCUT2D eigenvalue weighted by atomic mass is 35.5. The maximum Gasteiger partial charge on any atom is 0.242 e.